The average Bonchev–Trinajstić information content (AvgIpc) is 3.36. The first kappa shape index (κ1) is 27.3. The van der Waals surface area contributed by atoms with E-state index in [-0.39, 0.29) is 16.8 Å². The van der Waals surface area contributed by atoms with Crippen LogP contribution in [0.1, 0.15) is 30.3 Å². The Bertz CT molecular complexity index is 1320. The Hall–Kier alpha value is -2.78. The van der Waals surface area contributed by atoms with Gasteiger partial charge >= 0.3 is 0 Å². The van der Waals surface area contributed by atoms with Gasteiger partial charge in [-0.05, 0) is 67.2 Å². The molecule has 37 heavy (non-hydrogen) atoms. The van der Waals surface area contributed by atoms with Crippen molar-refractivity contribution in [2.24, 2.45) is 0 Å². The van der Waals surface area contributed by atoms with Gasteiger partial charge in [0.1, 0.15) is 5.76 Å². The predicted molar refractivity (Wildman–Crippen MR) is 153 cm³/mol. The number of nitrogens with one attached hydrogen (secondary N) is 2. The van der Waals surface area contributed by atoms with Crippen LogP contribution in [0, 0.1) is 0 Å². The number of piperazine rings is 1. The third kappa shape index (κ3) is 6.76. The molecule has 0 radical (unpaired) electrons. The van der Waals surface area contributed by atoms with Crippen LogP contribution in [-0.4, -0.2) is 48.0 Å². The van der Waals surface area contributed by atoms with Gasteiger partial charge in [0.25, 0.3) is 5.91 Å². The van der Waals surface area contributed by atoms with Crippen LogP contribution in [0.2, 0.25) is 15.1 Å². The predicted octanol–water partition coefficient (Wildman–Crippen LogP) is 6.48. The molecular formula is C26H25Cl3N4O3S. The van der Waals surface area contributed by atoms with Crippen LogP contribution < -0.4 is 15.5 Å². The molecule has 2 heterocycles. The Kier molecular flexibility index (Phi) is 8.97. The van der Waals surface area contributed by atoms with E-state index >= 15 is 0 Å². The summed E-state index contributed by atoms with van der Waals surface area (Å²) in [6, 6.07) is 13.6. The van der Waals surface area contributed by atoms with Gasteiger partial charge in [-0.1, -0.05) is 41.7 Å². The second kappa shape index (κ2) is 12.2. The molecule has 0 spiro atoms. The van der Waals surface area contributed by atoms with Gasteiger partial charge in [-0.15, -0.1) is 0 Å². The first-order valence-electron chi connectivity index (χ1n) is 11.7. The number of rotatable bonds is 6. The van der Waals surface area contributed by atoms with Crippen molar-refractivity contribution in [3.63, 3.8) is 0 Å². The van der Waals surface area contributed by atoms with Crippen molar-refractivity contribution in [1.82, 2.24) is 10.2 Å². The summed E-state index contributed by atoms with van der Waals surface area (Å²) >= 11 is 24.1. The minimum Gasteiger partial charge on any atom is -0.451 e. The van der Waals surface area contributed by atoms with E-state index < -0.39 is 5.91 Å². The Morgan fingerprint density at radius 3 is 2.43 bits per heavy atom. The topological polar surface area (TPSA) is 77.8 Å². The van der Waals surface area contributed by atoms with Crippen molar-refractivity contribution < 1.29 is 14.0 Å². The lowest BCUT2D eigenvalue weighted by Crippen LogP contribution is -2.48. The molecule has 2 aromatic carbocycles. The number of halogens is 3. The Morgan fingerprint density at radius 1 is 0.973 bits per heavy atom. The van der Waals surface area contributed by atoms with Crippen molar-refractivity contribution in [3.05, 3.63) is 69.4 Å². The molecule has 194 valence electrons. The van der Waals surface area contributed by atoms with Crippen molar-refractivity contribution in [2.75, 3.05) is 36.4 Å². The maximum atomic E-state index is 12.6. The number of amides is 2. The highest BCUT2D eigenvalue weighted by molar-refractivity contribution is 7.80. The third-order valence-electron chi connectivity index (χ3n) is 5.89. The maximum absolute atomic E-state index is 12.6. The summed E-state index contributed by atoms with van der Waals surface area (Å²) in [5, 5.41) is 7.16. The molecule has 1 saturated heterocycles. The smallest absolute Gasteiger partial charge is 0.293 e. The van der Waals surface area contributed by atoms with Gasteiger partial charge in [0, 0.05) is 48.9 Å². The highest BCUT2D eigenvalue weighted by Gasteiger charge is 2.22. The van der Waals surface area contributed by atoms with E-state index in [1.165, 1.54) is 6.07 Å². The fraction of sp³-hybridized carbons (Fsp3) is 0.269. The fourth-order valence-corrected chi connectivity index (χ4v) is 4.92. The number of hydrogen-bond donors (Lipinski definition) is 2. The zero-order valence-corrected chi connectivity index (χ0v) is 23.1. The number of carbonyl (C=O) groups is 2. The van der Waals surface area contributed by atoms with Gasteiger partial charge in [0.2, 0.25) is 5.91 Å². The Balaban J connectivity index is 1.33. The van der Waals surface area contributed by atoms with Crippen LogP contribution in [0.15, 0.2) is 52.9 Å². The second-order valence-electron chi connectivity index (χ2n) is 8.48. The molecular weight excluding hydrogens is 555 g/mol. The number of nitrogens with zero attached hydrogens (tertiary/aromatic N) is 2. The van der Waals surface area contributed by atoms with Gasteiger partial charge in [-0.25, -0.2) is 0 Å². The SMILES string of the molecule is CCCC(=O)N1CCN(c2ccc(NC(=S)NC(=O)c3ccc(-c4cc(Cl)ccc4Cl)o3)cc2Cl)CC1. The van der Waals surface area contributed by atoms with Gasteiger partial charge in [-0.2, -0.15) is 0 Å². The molecule has 3 aromatic rings. The number of thiocarbonyl (C=S) groups is 1. The quantitative estimate of drug-likeness (QED) is 0.326. The minimum atomic E-state index is -0.514. The summed E-state index contributed by atoms with van der Waals surface area (Å²) in [6.07, 6.45) is 1.43. The molecule has 1 aliphatic heterocycles. The summed E-state index contributed by atoms with van der Waals surface area (Å²) in [6.45, 7) is 4.77. The van der Waals surface area contributed by atoms with Crippen LogP contribution in [-0.2, 0) is 4.79 Å². The molecule has 0 unspecified atom stereocenters. The van der Waals surface area contributed by atoms with Gasteiger partial charge in [0.15, 0.2) is 10.9 Å². The zero-order valence-electron chi connectivity index (χ0n) is 20.0. The first-order chi connectivity index (χ1) is 17.7. The fourth-order valence-electron chi connectivity index (χ4n) is 4.03. The summed E-state index contributed by atoms with van der Waals surface area (Å²) in [7, 11) is 0. The maximum Gasteiger partial charge on any atom is 0.293 e. The van der Waals surface area contributed by atoms with E-state index in [0.29, 0.717) is 64.7 Å². The largest absolute Gasteiger partial charge is 0.451 e. The van der Waals surface area contributed by atoms with Gasteiger partial charge in [0.05, 0.1) is 15.7 Å². The van der Waals surface area contributed by atoms with Crippen LogP contribution in [0.3, 0.4) is 0 Å². The van der Waals surface area contributed by atoms with E-state index in [2.05, 4.69) is 15.5 Å². The zero-order chi connectivity index (χ0) is 26.5. The molecule has 11 heteroatoms. The van der Waals surface area contributed by atoms with Crippen molar-refractivity contribution in [2.45, 2.75) is 19.8 Å². The summed E-state index contributed by atoms with van der Waals surface area (Å²) < 4.78 is 5.66. The average molecular weight is 580 g/mol. The molecule has 0 atom stereocenters. The summed E-state index contributed by atoms with van der Waals surface area (Å²) in [4.78, 5) is 28.8. The first-order valence-corrected chi connectivity index (χ1v) is 13.3. The van der Waals surface area contributed by atoms with Crippen LogP contribution in [0.4, 0.5) is 11.4 Å². The molecule has 2 N–H and O–H groups in total. The molecule has 0 bridgehead atoms. The van der Waals surface area contributed by atoms with E-state index in [0.717, 1.165) is 12.1 Å². The van der Waals surface area contributed by atoms with E-state index in [4.69, 9.17) is 51.4 Å². The van der Waals surface area contributed by atoms with Crippen LogP contribution in [0.25, 0.3) is 11.3 Å². The highest BCUT2D eigenvalue weighted by Crippen LogP contribution is 2.32. The number of benzene rings is 2. The number of carbonyl (C=O) groups excluding carboxylic acids is 2. The lowest BCUT2D eigenvalue weighted by Gasteiger charge is -2.36. The summed E-state index contributed by atoms with van der Waals surface area (Å²) in [5.74, 6) is 0.164. The highest BCUT2D eigenvalue weighted by atomic mass is 35.5. The van der Waals surface area contributed by atoms with Crippen LogP contribution in [0.5, 0.6) is 0 Å². The van der Waals surface area contributed by atoms with Gasteiger partial charge in [-0.3, -0.25) is 14.9 Å². The van der Waals surface area contributed by atoms with Gasteiger partial charge < -0.3 is 19.5 Å². The number of hydrogen-bond acceptors (Lipinski definition) is 5. The molecule has 0 aliphatic carbocycles. The second-order valence-corrected chi connectivity index (χ2v) is 10.1. The van der Waals surface area contributed by atoms with Crippen molar-refractivity contribution in [3.8, 4) is 11.3 Å². The third-order valence-corrected chi connectivity index (χ3v) is 6.96. The molecule has 4 rings (SSSR count). The molecule has 1 aliphatic rings. The minimum absolute atomic E-state index is 0.0696. The van der Waals surface area contributed by atoms with Crippen LogP contribution >= 0.6 is 47.0 Å². The standard InChI is InChI=1S/C26H25Cl3N4O3S/c1-2-3-24(34)33-12-10-32(11-13-33)21-7-5-17(15-20(21)29)30-26(37)31-25(35)23-9-8-22(36-23)18-14-16(27)4-6-19(18)28/h4-9,14-15H,2-3,10-13H2,1H3,(H2,30,31,35,37). The van der Waals surface area contributed by atoms with Crippen molar-refractivity contribution >= 4 is 75.3 Å². The lowest BCUT2D eigenvalue weighted by atomic mass is 10.2. The monoisotopic (exact) mass is 578 g/mol. The summed E-state index contributed by atoms with van der Waals surface area (Å²) in [5.41, 5.74) is 2.09. The number of anilines is 2. The molecule has 1 fully saturated rings. The van der Waals surface area contributed by atoms with Crippen molar-refractivity contribution in [1.29, 1.82) is 0 Å². The Labute approximate surface area is 235 Å². The molecule has 7 nitrogen and oxygen atoms in total. The number of furan rings is 1. The molecule has 0 saturated carbocycles. The lowest BCUT2D eigenvalue weighted by molar-refractivity contribution is -0.131. The van der Waals surface area contributed by atoms with E-state index in [1.807, 2.05) is 24.0 Å². The van der Waals surface area contributed by atoms with E-state index in [9.17, 15) is 9.59 Å². The Morgan fingerprint density at radius 2 is 1.73 bits per heavy atom. The normalized spacial score (nSPS) is 13.4. The molecule has 1 aromatic heterocycles. The van der Waals surface area contributed by atoms with E-state index in [1.54, 1.807) is 30.3 Å². The molecule has 2 amide bonds.